The van der Waals surface area contributed by atoms with Gasteiger partial charge in [0.05, 0.1) is 24.0 Å². The molecule has 114 valence electrons. The van der Waals surface area contributed by atoms with Gasteiger partial charge < -0.3 is 9.30 Å². The number of aromatic nitrogens is 2. The first kappa shape index (κ1) is 14.6. The molecule has 1 fully saturated rings. The lowest BCUT2D eigenvalue weighted by Crippen LogP contribution is -2.19. The molecular formula is C16H20ClFN2O. The van der Waals surface area contributed by atoms with E-state index in [-0.39, 0.29) is 11.6 Å². The summed E-state index contributed by atoms with van der Waals surface area (Å²) in [6.07, 6.45) is 4.73. The highest BCUT2D eigenvalue weighted by Crippen LogP contribution is 2.37. The highest BCUT2D eigenvalue weighted by Gasteiger charge is 2.25. The predicted molar refractivity (Wildman–Crippen MR) is 82.5 cm³/mol. The summed E-state index contributed by atoms with van der Waals surface area (Å²) >= 11 is 6.06. The molecule has 1 aliphatic rings. The normalized spacial score (nSPS) is 22.7. The second-order valence-electron chi connectivity index (χ2n) is 5.93. The third-order valence-corrected chi connectivity index (χ3v) is 4.67. The number of benzene rings is 1. The molecule has 1 heterocycles. The largest absolute Gasteiger partial charge is 0.494 e. The SMILES string of the molecule is COc1cc2c(cc1F)nc(CCl)n2C1CCCC(C)C1. The standard InChI is InChI=1S/C16H20ClFN2O/c1-10-4-3-5-11(6-10)20-14-8-15(21-2)12(18)7-13(14)19-16(20)9-17/h7-8,10-11H,3-6,9H2,1-2H3. The van der Waals surface area contributed by atoms with Crippen molar-refractivity contribution in [2.45, 2.75) is 44.5 Å². The minimum absolute atomic E-state index is 0.258. The van der Waals surface area contributed by atoms with Gasteiger partial charge in [0.1, 0.15) is 5.82 Å². The molecule has 0 radical (unpaired) electrons. The molecule has 1 saturated carbocycles. The first-order valence-corrected chi connectivity index (χ1v) is 7.97. The van der Waals surface area contributed by atoms with Crippen molar-refractivity contribution >= 4 is 22.6 Å². The number of methoxy groups -OCH3 is 1. The Morgan fingerprint density at radius 1 is 1.43 bits per heavy atom. The summed E-state index contributed by atoms with van der Waals surface area (Å²) in [6, 6.07) is 3.57. The third kappa shape index (κ3) is 2.61. The molecule has 5 heteroatoms. The summed E-state index contributed by atoms with van der Waals surface area (Å²) in [6.45, 7) is 2.28. The lowest BCUT2D eigenvalue weighted by atomic mass is 9.87. The second-order valence-corrected chi connectivity index (χ2v) is 6.20. The number of ether oxygens (including phenoxy) is 1. The maximum atomic E-state index is 13.9. The van der Waals surface area contributed by atoms with Crippen LogP contribution in [0, 0.1) is 11.7 Å². The predicted octanol–water partition coefficient (Wildman–Crippen LogP) is 4.67. The Morgan fingerprint density at radius 3 is 2.90 bits per heavy atom. The fourth-order valence-corrected chi connectivity index (χ4v) is 3.63. The van der Waals surface area contributed by atoms with Crippen molar-refractivity contribution in [2.24, 2.45) is 5.92 Å². The molecule has 0 bridgehead atoms. The summed E-state index contributed by atoms with van der Waals surface area (Å²) < 4.78 is 21.2. The Hall–Kier alpha value is -1.29. The molecule has 2 unspecified atom stereocenters. The Morgan fingerprint density at radius 2 is 2.24 bits per heavy atom. The maximum absolute atomic E-state index is 13.9. The lowest BCUT2D eigenvalue weighted by molar-refractivity contribution is 0.283. The van der Waals surface area contributed by atoms with Crippen molar-refractivity contribution in [3.05, 3.63) is 23.8 Å². The van der Waals surface area contributed by atoms with E-state index >= 15 is 0 Å². The molecule has 0 amide bonds. The molecule has 2 aromatic rings. The number of alkyl halides is 1. The Labute approximate surface area is 129 Å². The van der Waals surface area contributed by atoms with Crippen LogP contribution < -0.4 is 4.74 Å². The highest BCUT2D eigenvalue weighted by atomic mass is 35.5. The van der Waals surface area contributed by atoms with E-state index in [2.05, 4.69) is 16.5 Å². The van der Waals surface area contributed by atoms with Gasteiger partial charge in [0, 0.05) is 18.2 Å². The van der Waals surface area contributed by atoms with E-state index in [9.17, 15) is 4.39 Å². The second kappa shape index (κ2) is 5.84. The molecule has 2 atom stereocenters. The minimum atomic E-state index is -0.382. The molecular weight excluding hydrogens is 291 g/mol. The van der Waals surface area contributed by atoms with Gasteiger partial charge in [0.25, 0.3) is 0 Å². The summed E-state index contributed by atoms with van der Waals surface area (Å²) in [5.74, 6) is 1.73. The fraction of sp³-hybridized carbons (Fsp3) is 0.562. The van der Waals surface area contributed by atoms with Crippen molar-refractivity contribution in [1.82, 2.24) is 9.55 Å². The first-order valence-electron chi connectivity index (χ1n) is 7.44. The third-order valence-electron chi connectivity index (χ3n) is 4.43. The van der Waals surface area contributed by atoms with E-state index in [1.165, 1.54) is 26.0 Å². The molecule has 1 aromatic heterocycles. The van der Waals surface area contributed by atoms with Crippen molar-refractivity contribution in [1.29, 1.82) is 0 Å². The van der Waals surface area contributed by atoms with Gasteiger partial charge in [-0.15, -0.1) is 11.6 Å². The van der Waals surface area contributed by atoms with Crippen molar-refractivity contribution in [3.8, 4) is 5.75 Å². The first-order chi connectivity index (χ1) is 10.1. The summed E-state index contributed by atoms with van der Waals surface area (Å²) in [7, 11) is 1.48. The van der Waals surface area contributed by atoms with E-state index < -0.39 is 0 Å². The van der Waals surface area contributed by atoms with Crippen LogP contribution >= 0.6 is 11.6 Å². The maximum Gasteiger partial charge on any atom is 0.167 e. The van der Waals surface area contributed by atoms with Gasteiger partial charge in [0.15, 0.2) is 11.6 Å². The van der Waals surface area contributed by atoms with Crippen molar-refractivity contribution in [2.75, 3.05) is 7.11 Å². The average Bonchev–Trinajstić information content (AvgIpc) is 2.83. The minimum Gasteiger partial charge on any atom is -0.494 e. The number of halogens is 2. The van der Waals surface area contributed by atoms with Crippen molar-refractivity contribution in [3.63, 3.8) is 0 Å². The van der Waals surface area contributed by atoms with E-state index in [0.29, 0.717) is 23.4 Å². The molecule has 1 aromatic carbocycles. The number of rotatable bonds is 3. The summed E-state index contributed by atoms with van der Waals surface area (Å²) in [5.41, 5.74) is 1.57. The van der Waals surface area contributed by atoms with Gasteiger partial charge in [-0.25, -0.2) is 9.37 Å². The van der Waals surface area contributed by atoms with Crippen LogP contribution in [-0.2, 0) is 5.88 Å². The van der Waals surface area contributed by atoms with Crippen LogP contribution in [0.5, 0.6) is 5.75 Å². The van der Waals surface area contributed by atoms with Gasteiger partial charge >= 0.3 is 0 Å². The zero-order valence-corrected chi connectivity index (χ0v) is 13.2. The van der Waals surface area contributed by atoms with Gasteiger partial charge in [-0.3, -0.25) is 0 Å². The molecule has 3 nitrogen and oxygen atoms in total. The van der Waals surface area contributed by atoms with Crippen LogP contribution in [0.25, 0.3) is 11.0 Å². The van der Waals surface area contributed by atoms with Crippen LogP contribution in [0.4, 0.5) is 4.39 Å². The van der Waals surface area contributed by atoms with Crippen LogP contribution in [0.1, 0.15) is 44.5 Å². The molecule has 21 heavy (non-hydrogen) atoms. The van der Waals surface area contributed by atoms with E-state index in [4.69, 9.17) is 16.3 Å². The van der Waals surface area contributed by atoms with Crippen molar-refractivity contribution < 1.29 is 9.13 Å². The van der Waals surface area contributed by atoms with E-state index in [0.717, 1.165) is 24.2 Å². The highest BCUT2D eigenvalue weighted by molar-refractivity contribution is 6.16. The number of hydrogen-bond acceptors (Lipinski definition) is 2. The fourth-order valence-electron chi connectivity index (χ4n) is 3.44. The van der Waals surface area contributed by atoms with Gasteiger partial charge in [0.2, 0.25) is 0 Å². The van der Waals surface area contributed by atoms with Gasteiger partial charge in [-0.2, -0.15) is 0 Å². The topological polar surface area (TPSA) is 27.1 Å². The Bertz CT molecular complexity index is 655. The zero-order valence-electron chi connectivity index (χ0n) is 12.4. The summed E-state index contributed by atoms with van der Waals surface area (Å²) in [4.78, 5) is 4.50. The Balaban J connectivity index is 2.14. The van der Waals surface area contributed by atoms with Crippen LogP contribution in [0.15, 0.2) is 12.1 Å². The molecule has 0 spiro atoms. The van der Waals surface area contributed by atoms with Crippen LogP contribution in [0.2, 0.25) is 0 Å². The molecule has 0 N–H and O–H groups in total. The number of hydrogen-bond donors (Lipinski definition) is 0. The monoisotopic (exact) mass is 310 g/mol. The number of nitrogens with zero attached hydrogens (tertiary/aromatic N) is 2. The Kier molecular flexibility index (Phi) is 4.07. The van der Waals surface area contributed by atoms with E-state index in [1.807, 2.05) is 0 Å². The molecule has 0 aliphatic heterocycles. The zero-order chi connectivity index (χ0) is 15.0. The number of imidazole rings is 1. The van der Waals surface area contributed by atoms with Crippen LogP contribution in [-0.4, -0.2) is 16.7 Å². The molecule has 0 saturated heterocycles. The quantitative estimate of drug-likeness (QED) is 0.770. The lowest BCUT2D eigenvalue weighted by Gasteiger charge is -2.29. The van der Waals surface area contributed by atoms with Gasteiger partial charge in [-0.1, -0.05) is 19.8 Å². The smallest absolute Gasteiger partial charge is 0.167 e. The van der Waals surface area contributed by atoms with Crippen LogP contribution in [0.3, 0.4) is 0 Å². The van der Waals surface area contributed by atoms with E-state index in [1.54, 1.807) is 6.07 Å². The van der Waals surface area contributed by atoms with Gasteiger partial charge in [-0.05, 0) is 18.8 Å². The number of fused-ring (bicyclic) bond motifs is 1. The molecule has 3 rings (SSSR count). The molecule has 1 aliphatic carbocycles. The average molecular weight is 311 g/mol. The summed E-state index contributed by atoms with van der Waals surface area (Å²) in [5, 5.41) is 0.